The average molecular weight is 535 g/mol. The number of benzene rings is 2. The lowest BCUT2D eigenvalue weighted by molar-refractivity contribution is -0.141. The number of piperidine rings is 1. The summed E-state index contributed by atoms with van der Waals surface area (Å²) in [5.74, 6) is 1.30. The van der Waals surface area contributed by atoms with Crippen LogP contribution in [0.2, 0.25) is 0 Å². The van der Waals surface area contributed by atoms with Gasteiger partial charge in [0.1, 0.15) is 11.2 Å². The molecule has 7 nitrogen and oxygen atoms in total. The van der Waals surface area contributed by atoms with Gasteiger partial charge in [-0.05, 0) is 67.1 Å². The summed E-state index contributed by atoms with van der Waals surface area (Å²) in [6.45, 7) is 6.90. The third kappa shape index (κ3) is 6.04. The molecule has 5 rings (SSSR count). The summed E-state index contributed by atoms with van der Waals surface area (Å²) in [6, 6.07) is 14.7. The number of hydrogen-bond donors (Lipinski definition) is 1. The monoisotopic (exact) mass is 534 g/mol. The molecule has 2 aromatic heterocycles. The van der Waals surface area contributed by atoms with Gasteiger partial charge in [0.15, 0.2) is 5.58 Å². The average Bonchev–Trinajstić information content (AvgIpc) is 3.37. The van der Waals surface area contributed by atoms with Crippen molar-refractivity contribution in [1.29, 1.82) is 5.26 Å². The fourth-order valence-corrected chi connectivity index (χ4v) is 4.86. The van der Waals surface area contributed by atoms with Crippen LogP contribution in [0, 0.1) is 17.2 Å². The summed E-state index contributed by atoms with van der Waals surface area (Å²) < 4.78 is 45.0. The molecule has 0 unspecified atom stereocenters. The van der Waals surface area contributed by atoms with E-state index in [1.54, 1.807) is 6.07 Å². The number of oxazole rings is 1. The van der Waals surface area contributed by atoms with Crippen LogP contribution in [-0.4, -0.2) is 34.6 Å². The molecule has 1 saturated heterocycles. The number of rotatable bonds is 7. The highest BCUT2D eigenvalue weighted by atomic mass is 19.4. The van der Waals surface area contributed by atoms with E-state index in [9.17, 15) is 18.4 Å². The van der Waals surface area contributed by atoms with Crippen molar-refractivity contribution in [3.8, 4) is 17.5 Å². The Kier molecular flexibility index (Phi) is 7.53. The van der Waals surface area contributed by atoms with Gasteiger partial charge >= 0.3 is 6.18 Å². The van der Waals surface area contributed by atoms with Gasteiger partial charge in [-0.25, -0.2) is 15.0 Å². The van der Waals surface area contributed by atoms with Gasteiger partial charge in [-0.3, -0.25) is 0 Å². The Morgan fingerprint density at radius 1 is 1.10 bits per heavy atom. The molecule has 4 aromatic rings. The molecule has 2 aromatic carbocycles. The van der Waals surface area contributed by atoms with E-state index in [1.165, 1.54) is 6.20 Å². The third-order valence-corrected chi connectivity index (χ3v) is 7.06. The molecule has 1 fully saturated rings. The Morgan fingerprint density at radius 2 is 1.85 bits per heavy atom. The maximum absolute atomic E-state index is 13.0. The molecule has 0 atom stereocenters. The summed E-state index contributed by atoms with van der Waals surface area (Å²) in [5.41, 5.74) is 4.03. The summed E-state index contributed by atoms with van der Waals surface area (Å²) in [5, 5.41) is 12.8. The van der Waals surface area contributed by atoms with E-state index in [1.807, 2.05) is 35.2 Å². The number of alkyl halides is 3. The minimum atomic E-state index is -4.47. The van der Waals surface area contributed by atoms with Gasteiger partial charge in [0, 0.05) is 37.0 Å². The lowest BCUT2D eigenvalue weighted by Gasteiger charge is -2.32. The highest BCUT2D eigenvalue weighted by molar-refractivity contribution is 5.81. The minimum Gasteiger partial charge on any atom is -0.436 e. The first-order chi connectivity index (χ1) is 18.7. The predicted molar refractivity (Wildman–Crippen MR) is 142 cm³/mol. The van der Waals surface area contributed by atoms with E-state index >= 15 is 0 Å². The van der Waals surface area contributed by atoms with Crippen molar-refractivity contribution in [1.82, 2.24) is 20.3 Å². The van der Waals surface area contributed by atoms with E-state index in [2.05, 4.69) is 40.2 Å². The molecule has 1 aliphatic rings. The van der Waals surface area contributed by atoms with Crippen LogP contribution >= 0.6 is 0 Å². The minimum absolute atomic E-state index is 0.140. The number of halogens is 3. The molecule has 0 saturated carbocycles. The largest absolute Gasteiger partial charge is 0.436 e. The van der Waals surface area contributed by atoms with Gasteiger partial charge in [0.05, 0.1) is 11.6 Å². The molecular formula is C29H29F3N6O. The fraction of sp³-hybridized carbons (Fsp3) is 0.379. The van der Waals surface area contributed by atoms with Gasteiger partial charge in [-0.15, -0.1) is 0 Å². The number of nitriles is 1. The van der Waals surface area contributed by atoms with Crippen molar-refractivity contribution in [3.63, 3.8) is 0 Å². The molecule has 10 heteroatoms. The predicted octanol–water partition coefficient (Wildman–Crippen LogP) is 6.30. The van der Waals surface area contributed by atoms with E-state index < -0.39 is 11.9 Å². The third-order valence-electron chi connectivity index (χ3n) is 7.06. The van der Waals surface area contributed by atoms with E-state index in [0.717, 1.165) is 47.7 Å². The Bertz CT molecular complexity index is 1480. The number of hydrogen-bond acceptors (Lipinski definition) is 7. The molecule has 1 N–H and O–H groups in total. The van der Waals surface area contributed by atoms with Crippen LogP contribution in [0.5, 0.6) is 0 Å². The normalized spacial score (nSPS) is 14.7. The van der Waals surface area contributed by atoms with Crippen molar-refractivity contribution >= 4 is 17.0 Å². The van der Waals surface area contributed by atoms with E-state index in [4.69, 9.17) is 4.42 Å². The topological polar surface area (TPSA) is 90.9 Å². The van der Waals surface area contributed by atoms with Gasteiger partial charge in [0.2, 0.25) is 11.8 Å². The second-order valence-electron chi connectivity index (χ2n) is 10.2. The Balaban J connectivity index is 1.14. The zero-order valence-corrected chi connectivity index (χ0v) is 21.8. The van der Waals surface area contributed by atoms with Crippen LogP contribution in [0.15, 0.2) is 53.1 Å². The Morgan fingerprint density at radius 3 is 2.51 bits per heavy atom. The molecule has 0 aliphatic carbocycles. The summed E-state index contributed by atoms with van der Waals surface area (Å²) >= 11 is 0. The Hall–Kier alpha value is -3.97. The van der Waals surface area contributed by atoms with Gasteiger partial charge in [-0.1, -0.05) is 26.0 Å². The second kappa shape index (κ2) is 11.0. The maximum atomic E-state index is 13.0. The molecule has 202 valence electrons. The molecule has 0 bridgehead atoms. The molecule has 1 aliphatic heterocycles. The molecule has 0 spiro atoms. The molecule has 39 heavy (non-hydrogen) atoms. The zero-order chi connectivity index (χ0) is 27.6. The standard InChI is InChI=1S/C29H29F3N6O/c1-18(2)23-13-21(15-33)14-24-26(23)39-27(36-24)22-5-3-19(4-6-22)16-34-17-20-8-11-38(12-9-20)28-35-10-7-25(37-28)29(30,31)32/h3-7,10,13-14,18,20,34H,8-9,11-12,16-17H2,1-2H3. The first kappa shape index (κ1) is 26.6. The van der Waals surface area contributed by atoms with Crippen molar-refractivity contribution in [2.24, 2.45) is 5.92 Å². The second-order valence-corrected chi connectivity index (χ2v) is 10.2. The number of nitrogens with one attached hydrogen (secondary N) is 1. The molecule has 3 heterocycles. The number of aromatic nitrogens is 3. The van der Waals surface area contributed by atoms with Crippen LogP contribution < -0.4 is 10.2 Å². The van der Waals surface area contributed by atoms with Gasteiger partial charge in [0.25, 0.3) is 0 Å². The SMILES string of the molecule is CC(C)c1cc(C#N)cc2nc(-c3ccc(CNCC4CCN(c5nccc(C(F)(F)F)n5)CC4)cc3)oc12. The zero-order valence-electron chi connectivity index (χ0n) is 21.8. The van der Waals surface area contributed by atoms with Crippen molar-refractivity contribution in [3.05, 3.63) is 71.0 Å². The first-order valence-corrected chi connectivity index (χ1v) is 13.0. The quantitative estimate of drug-likeness (QED) is 0.297. The summed E-state index contributed by atoms with van der Waals surface area (Å²) in [6.07, 6.45) is -1.59. The Labute approximate surface area is 224 Å². The van der Waals surface area contributed by atoms with Gasteiger partial charge < -0.3 is 14.6 Å². The van der Waals surface area contributed by atoms with Crippen molar-refractivity contribution < 1.29 is 17.6 Å². The fourth-order valence-electron chi connectivity index (χ4n) is 4.86. The van der Waals surface area contributed by atoms with Crippen LogP contribution in [0.4, 0.5) is 19.1 Å². The van der Waals surface area contributed by atoms with Crippen molar-refractivity contribution in [2.75, 3.05) is 24.5 Å². The van der Waals surface area contributed by atoms with E-state index in [-0.39, 0.29) is 11.9 Å². The first-order valence-electron chi connectivity index (χ1n) is 13.0. The number of anilines is 1. The number of nitrogens with zero attached hydrogens (tertiary/aromatic N) is 5. The maximum Gasteiger partial charge on any atom is 0.433 e. The molecule has 0 amide bonds. The smallest absolute Gasteiger partial charge is 0.433 e. The molecule has 0 radical (unpaired) electrons. The van der Waals surface area contributed by atoms with Gasteiger partial charge in [-0.2, -0.15) is 18.4 Å². The summed E-state index contributed by atoms with van der Waals surface area (Å²) in [4.78, 5) is 14.2. The molecular weight excluding hydrogens is 505 g/mol. The van der Waals surface area contributed by atoms with E-state index in [0.29, 0.717) is 42.5 Å². The lowest BCUT2D eigenvalue weighted by Crippen LogP contribution is -2.38. The highest BCUT2D eigenvalue weighted by Crippen LogP contribution is 2.32. The van der Waals surface area contributed by atoms with Crippen LogP contribution in [0.25, 0.3) is 22.6 Å². The number of fused-ring (bicyclic) bond motifs is 1. The van der Waals surface area contributed by atoms with Crippen LogP contribution in [0.1, 0.15) is 55.0 Å². The highest BCUT2D eigenvalue weighted by Gasteiger charge is 2.33. The van der Waals surface area contributed by atoms with Crippen LogP contribution in [0.3, 0.4) is 0 Å². The van der Waals surface area contributed by atoms with Crippen molar-refractivity contribution in [2.45, 2.75) is 45.3 Å². The van der Waals surface area contributed by atoms with Crippen LogP contribution in [-0.2, 0) is 12.7 Å². The summed E-state index contributed by atoms with van der Waals surface area (Å²) in [7, 11) is 0. The lowest BCUT2D eigenvalue weighted by atomic mass is 9.97.